The fraction of sp³-hybridized carbons (Fsp3) is 0.571. The molecule has 0 saturated carbocycles. The van der Waals surface area contributed by atoms with Crippen molar-refractivity contribution in [1.29, 1.82) is 0 Å². The predicted octanol–water partition coefficient (Wildman–Crippen LogP) is 4.42. The molecule has 0 amide bonds. The Balaban J connectivity index is 3.31. The first-order valence-corrected chi connectivity index (χ1v) is 9.02. The summed E-state index contributed by atoms with van der Waals surface area (Å²) in [6, 6.07) is 7.62. The first-order chi connectivity index (χ1) is 11.7. The van der Waals surface area contributed by atoms with E-state index in [1.54, 1.807) is 13.8 Å². The zero-order chi connectivity index (χ0) is 19.1. The van der Waals surface area contributed by atoms with E-state index in [-0.39, 0.29) is 17.7 Å². The fourth-order valence-electron chi connectivity index (χ4n) is 2.90. The maximum Gasteiger partial charge on any atom is 0.317 e. The topological polar surface area (TPSA) is 60.4 Å². The van der Waals surface area contributed by atoms with Gasteiger partial charge in [0.05, 0.1) is 12.0 Å². The molecule has 2 atom stereocenters. The monoisotopic (exact) mass is 346 g/mol. The molecular weight excluding hydrogens is 316 g/mol. The molecule has 25 heavy (non-hydrogen) atoms. The smallest absolute Gasteiger partial charge is 0.317 e. The maximum absolute atomic E-state index is 12.7. The van der Waals surface area contributed by atoms with Crippen molar-refractivity contribution in [3.63, 3.8) is 0 Å². The summed E-state index contributed by atoms with van der Waals surface area (Å²) in [5.74, 6) is -2.57. The standard InChI is InChI=1S/C21H30O4/c1-7-8-18(23)20(17-11-9-16(10-12-17)13(2)3)19(15(6)22)21(24)25-14(4)5/h9-14,19-20H,7-8H2,1-6H3. The number of hydrogen-bond donors (Lipinski definition) is 0. The third-order valence-corrected chi connectivity index (χ3v) is 4.18. The van der Waals surface area contributed by atoms with E-state index in [1.807, 2.05) is 31.2 Å². The van der Waals surface area contributed by atoms with Gasteiger partial charge in [-0.1, -0.05) is 45.0 Å². The van der Waals surface area contributed by atoms with Crippen LogP contribution in [0.2, 0.25) is 0 Å². The van der Waals surface area contributed by atoms with Crippen LogP contribution in [0.1, 0.15) is 77.3 Å². The van der Waals surface area contributed by atoms with E-state index in [1.165, 1.54) is 6.92 Å². The molecule has 4 nitrogen and oxygen atoms in total. The van der Waals surface area contributed by atoms with E-state index in [4.69, 9.17) is 4.74 Å². The van der Waals surface area contributed by atoms with Gasteiger partial charge in [0.2, 0.25) is 0 Å². The molecule has 2 unspecified atom stereocenters. The number of hydrogen-bond acceptors (Lipinski definition) is 4. The fourth-order valence-corrected chi connectivity index (χ4v) is 2.90. The summed E-state index contributed by atoms with van der Waals surface area (Å²) < 4.78 is 5.25. The van der Waals surface area contributed by atoms with Crippen molar-refractivity contribution < 1.29 is 19.1 Å². The van der Waals surface area contributed by atoms with Crippen LogP contribution in [0.15, 0.2) is 24.3 Å². The summed E-state index contributed by atoms with van der Waals surface area (Å²) in [6.07, 6.45) is 0.665. The highest BCUT2D eigenvalue weighted by Crippen LogP contribution is 2.31. The van der Waals surface area contributed by atoms with Gasteiger partial charge in [0, 0.05) is 6.42 Å². The molecule has 0 aliphatic rings. The molecule has 0 bridgehead atoms. The summed E-state index contributed by atoms with van der Waals surface area (Å²) in [6.45, 7) is 10.9. The molecule has 4 heteroatoms. The van der Waals surface area contributed by atoms with Crippen LogP contribution in [-0.2, 0) is 19.1 Å². The average molecular weight is 346 g/mol. The highest BCUT2D eigenvalue weighted by atomic mass is 16.5. The number of ketones is 2. The van der Waals surface area contributed by atoms with Crippen LogP contribution >= 0.6 is 0 Å². The van der Waals surface area contributed by atoms with Crippen LogP contribution in [-0.4, -0.2) is 23.6 Å². The highest BCUT2D eigenvalue weighted by molar-refractivity contribution is 6.04. The van der Waals surface area contributed by atoms with Crippen LogP contribution in [0.3, 0.4) is 0 Å². The number of carbonyl (C=O) groups is 3. The lowest BCUT2D eigenvalue weighted by Crippen LogP contribution is -2.35. The molecule has 0 spiro atoms. The average Bonchev–Trinajstić information content (AvgIpc) is 2.51. The Kier molecular flexibility index (Phi) is 8.01. The minimum Gasteiger partial charge on any atom is -0.462 e. The Morgan fingerprint density at radius 2 is 1.48 bits per heavy atom. The summed E-state index contributed by atoms with van der Waals surface area (Å²) in [5.41, 5.74) is 1.85. The van der Waals surface area contributed by atoms with E-state index in [9.17, 15) is 14.4 Å². The van der Waals surface area contributed by atoms with Crippen molar-refractivity contribution in [2.24, 2.45) is 5.92 Å². The van der Waals surface area contributed by atoms with E-state index in [0.717, 1.165) is 5.56 Å². The Labute approximate surface area is 151 Å². The van der Waals surface area contributed by atoms with E-state index >= 15 is 0 Å². The molecule has 0 aromatic heterocycles. The van der Waals surface area contributed by atoms with Gasteiger partial charge in [0.15, 0.2) is 0 Å². The Bertz CT molecular complexity index is 599. The summed E-state index contributed by atoms with van der Waals surface area (Å²) in [7, 11) is 0. The molecule has 1 aromatic rings. The number of benzene rings is 1. The van der Waals surface area contributed by atoms with Crippen molar-refractivity contribution in [1.82, 2.24) is 0 Å². The molecule has 0 N–H and O–H groups in total. The number of ether oxygens (including phenoxy) is 1. The molecule has 138 valence electrons. The zero-order valence-electron chi connectivity index (χ0n) is 16.2. The Hall–Kier alpha value is -1.97. The molecular formula is C21H30O4. The van der Waals surface area contributed by atoms with Gasteiger partial charge in [-0.3, -0.25) is 14.4 Å². The minimum atomic E-state index is -1.09. The minimum absolute atomic E-state index is 0.0966. The second-order valence-corrected chi connectivity index (χ2v) is 7.09. The number of Topliss-reactive ketones (excluding diaryl/α,β-unsaturated/α-hetero) is 2. The van der Waals surface area contributed by atoms with Gasteiger partial charge >= 0.3 is 5.97 Å². The SMILES string of the molecule is CCCC(=O)C(c1ccc(C(C)C)cc1)C(C(C)=O)C(=O)OC(C)C. The lowest BCUT2D eigenvalue weighted by atomic mass is 9.79. The van der Waals surface area contributed by atoms with Crippen molar-refractivity contribution in [2.45, 2.75) is 72.3 Å². The van der Waals surface area contributed by atoms with E-state index in [2.05, 4.69) is 13.8 Å². The first kappa shape index (κ1) is 21.1. The van der Waals surface area contributed by atoms with Crippen LogP contribution < -0.4 is 0 Å². The van der Waals surface area contributed by atoms with E-state index in [0.29, 0.717) is 24.3 Å². The molecule has 0 aliphatic carbocycles. The van der Waals surface area contributed by atoms with Gasteiger partial charge in [0.25, 0.3) is 0 Å². The number of carbonyl (C=O) groups excluding carboxylic acids is 3. The third-order valence-electron chi connectivity index (χ3n) is 4.18. The van der Waals surface area contributed by atoms with Crippen molar-refractivity contribution in [3.05, 3.63) is 35.4 Å². The van der Waals surface area contributed by atoms with Gasteiger partial charge < -0.3 is 4.74 Å². The zero-order valence-corrected chi connectivity index (χ0v) is 16.2. The van der Waals surface area contributed by atoms with Crippen molar-refractivity contribution in [3.8, 4) is 0 Å². The van der Waals surface area contributed by atoms with Crippen molar-refractivity contribution in [2.75, 3.05) is 0 Å². The summed E-state index contributed by atoms with van der Waals surface area (Å²) >= 11 is 0. The predicted molar refractivity (Wildman–Crippen MR) is 98.6 cm³/mol. The first-order valence-electron chi connectivity index (χ1n) is 9.02. The summed E-state index contributed by atoms with van der Waals surface area (Å²) in [4.78, 5) is 37.4. The lowest BCUT2D eigenvalue weighted by molar-refractivity contribution is -0.157. The van der Waals surface area contributed by atoms with Crippen LogP contribution in [0, 0.1) is 5.92 Å². The third kappa shape index (κ3) is 5.80. The van der Waals surface area contributed by atoms with Gasteiger partial charge in [-0.2, -0.15) is 0 Å². The van der Waals surface area contributed by atoms with Gasteiger partial charge in [-0.25, -0.2) is 0 Å². The molecule has 0 aliphatic heterocycles. The van der Waals surface area contributed by atoms with Gasteiger partial charge in [-0.05, 0) is 44.2 Å². The Morgan fingerprint density at radius 3 is 1.88 bits per heavy atom. The molecule has 1 aromatic carbocycles. The second-order valence-electron chi connectivity index (χ2n) is 7.09. The van der Waals surface area contributed by atoms with Crippen LogP contribution in [0.25, 0.3) is 0 Å². The quantitative estimate of drug-likeness (QED) is 0.490. The molecule has 0 heterocycles. The summed E-state index contributed by atoms with van der Waals surface area (Å²) in [5, 5.41) is 0. The molecule has 1 rings (SSSR count). The Morgan fingerprint density at radius 1 is 0.960 bits per heavy atom. The van der Waals surface area contributed by atoms with Gasteiger partial charge in [0.1, 0.15) is 17.5 Å². The number of esters is 1. The largest absolute Gasteiger partial charge is 0.462 e. The maximum atomic E-state index is 12.7. The lowest BCUT2D eigenvalue weighted by Gasteiger charge is -2.24. The molecule has 0 radical (unpaired) electrons. The van der Waals surface area contributed by atoms with Crippen LogP contribution in [0.5, 0.6) is 0 Å². The van der Waals surface area contributed by atoms with Crippen molar-refractivity contribution >= 4 is 17.5 Å². The molecule has 0 fully saturated rings. The number of rotatable bonds is 9. The van der Waals surface area contributed by atoms with E-state index < -0.39 is 17.8 Å². The van der Waals surface area contributed by atoms with Crippen LogP contribution in [0.4, 0.5) is 0 Å². The normalized spacial score (nSPS) is 13.6. The highest BCUT2D eigenvalue weighted by Gasteiger charge is 2.39. The van der Waals surface area contributed by atoms with Gasteiger partial charge in [-0.15, -0.1) is 0 Å². The molecule has 0 saturated heterocycles. The second kappa shape index (κ2) is 9.50.